The summed E-state index contributed by atoms with van der Waals surface area (Å²) < 4.78 is 21.5. The number of carbonyl (C=O) groups is 1. The molecule has 1 aliphatic heterocycles. The number of carboxylic acid groups (broad SMARTS) is 1. The zero-order valence-corrected chi connectivity index (χ0v) is 22.5. The topological polar surface area (TPSA) is 65.9 Å². The molecule has 0 spiro atoms. The van der Waals surface area contributed by atoms with Crippen molar-refractivity contribution in [1.29, 1.82) is 0 Å². The fourth-order valence-electron chi connectivity index (χ4n) is 5.18. The second-order valence-electron chi connectivity index (χ2n) is 9.97. The Bertz CT molecular complexity index is 1270. The number of hydrogen-bond donors (Lipinski definition) is 1. The molecule has 2 aromatic heterocycles. The van der Waals surface area contributed by atoms with Crippen LogP contribution in [0.5, 0.6) is 5.75 Å². The van der Waals surface area contributed by atoms with E-state index in [2.05, 4.69) is 21.7 Å². The smallest absolute Gasteiger partial charge is 0.303 e. The van der Waals surface area contributed by atoms with Gasteiger partial charge in [-0.15, -0.1) is 11.3 Å². The highest BCUT2D eigenvalue weighted by Crippen LogP contribution is 2.44. The molecule has 0 amide bonds. The number of likely N-dealkylation sites (tertiary alicyclic amines) is 1. The Balaban J connectivity index is 1.49. The minimum absolute atomic E-state index is 0.0554. The third-order valence-electron chi connectivity index (χ3n) is 7.30. The maximum Gasteiger partial charge on any atom is 0.303 e. The maximum atomic E-state index is 16.1. The van der Waals surface area contributed by atoms with Gasteiger partial charge in [0.2, 0.25) is 0 Å². The number of ether oxygens (including phenoxy) is 1. The van der Waals surface area contributed by atoms with Crippen molar-refractivity contribution in [2.75, 3.05) is 45.7 Å². The number of anilines is 1. The number of fused-ring (bicyclic) bond motifs is 1. The van der Waals surface area contributed by atoms with Crippen LogP contribution in [-0.4, -0.2) is 61.8 Å². The Hall–Kier alpha value is -3.15. The molecule has 0 aliphatic carbocycles. The number of benzene rings is 1. The zero-order chi connectivity index (χ0) is 26.4. The molecule has 3 heterocycles. The first-order valence-corrected chi connectivity index (χ1v) is 13.4. The number of halogens is 1. The average Bonchev–Trinajstić information content (AvgIpc) is 3.40. The molecule has 1 atom stereocenters. The van der Waals surface area contributed by atoms with Crippen molar-refractivity contribution in [2.45, 2.75) is 38.3 Å². The molecule has 1 saturated heterocycles. The summed E-state index contributed by atoms with van der Waals surface area (Å²) in [6.45, 7) is 2.19. The highest BCUT2D eigenvalue weighted by atomic mass is 32.1. The molecule has 37 heavy (non-hydrogen) atoms. The molecule has 0 radical (unpaired) electrons. The van der Waals surface area contributed by atoms with Crippen molar-refractivity contribution in [3.63, 3.8) is 0 Å². The van der Waals surface area contributed by atoms with E-state index in [1.54, 1.807) is 24.6 Å². The summed E-state index contributed by atoms with van der Waals surface area (Å²) >= 11 is 1.62. The number of aliphatic carboxylic acids is 1. The van der Waals surface area contributed by atoms with Crippen molar-refractivity contribution in [3.8, 4) is 17.6 Å². The molecule has 6 nitrogen and oxygen atoms in total. The highest BCUT2D eigenvalue weighted by Gasteiger charge is 2.37. The van der Waals surface area contributed by atoms with E-state index in [4.69, 9.17) is 4.74 Å². The largest absolute Gasteiger partial charge is 0.497 e. The van der Waals surface area contributed by atoms with E-state index in [9.17, 15) is 9.90 Å². The molecule has 8 heteroatoms. The van der Waals surface area contributed by atoms with Gasteiger partial charge in [0, 0.05) is 25.0 Å². The number of piperidine rings is 1. The fourth-order valence-corrected chi connectivity index (χ4v) is 5.77. The number of alkyl halides is 1. The predicted octanol–water partition coefficient (Wildman–Crippen LogP) is 5.77. The van der Waals surface area contributed by atoms with Gasteiger partial charge in [-0.2, -0.15) is 0 Å². The molecule has 196 valence electrons. The lowest BCUT2D eigenvalue weighted by Crippen LogP contribution is -2.41. The van der Waals surface area contributed by atoms with E-state index >= 15 is 4.39 Å². The Morgan fingerprint density at radius 1 is 1.32 bits per heavy atom. The van der Waals surface area contributed by atoms with Gasteiger partial charge >= 0.3 is 5.97 Å². The molecular formula is C29H34FN3O3S. The van der Waals surface area contributed by atoms with E-state index in [1.807, 2.05) is 54.7 Å². The number of thiophene rings is 1. The van der Waals surface area contributed by atoms with Gasteiger partial charge in [0.05, 0.1) is 42.4 Å². The van der Waals surface area contributed by atoms with E-state index in [0.29, 0.717) is 29.8 Å². The van der Waals surface area contributed by atoms with Gasteiger partial charge in [0.15, 0.2) is 0 Å². The number of nitrogens with zero attached hydrogens (tertiary/aromatic N) is 3. The van der Waals surface area contributed by atoms with Gasteiger partial charge in [0.25, 0.3) is 0 Å². The molecule has 1 aliphatic rings. The summed E-state index contributed by atoms with van der Waals surface area (Å²) in [5, 5.41) is 12.4. The van der Waals surface area contributed by atoms with Gasteiger partial charge in [-0.1, -0.05) is 17.9 Å². The summed E-state index contributed by atoms with van der Waals surface area (Å²) in [6, 6.07) is 9.48. The summed E-state index contributed by atoms with van der Waals surface area (Å²) in [5.41, 5.74) is 1.59. The Morgan fingerprint density at radius 2 is 2.11 bits per heavy atom. The van der Waals surface area contributed by atoms with Crippen LogP contribution >= 0.6 is 11.3 Å². The summed E-state index contributed by atoms with van der Waals surface area (Å²) in [6.07, 6.45) is 2.71. The zero-order valence-electron chi connectivity index (χ0n) is 21.7. The first kappa shape index (κ1) is 26.9. The standard InChI is InChI=1S/C29H34FN3O3S/c1-32(2)26-20-31-25-9-8-21(36-3)18-23(25)28(26)24(30)10-11-29(19-27(34)35)12-15-33(16-13-29)14-4-6-22-7-5-17-37-22/h5,7-9,17-18,20,24H,10-16,19H2,1-3H3,(H,34,35)/t24-/m1/s1. The Morgan fingerprint density at radius 3 is 2.76 bits per heavy atom. The Kier molecular flexibility index (Phi) is 8.67. The van der Waals surface area contributed by atoms with Crippen LogP contribution in [0, 0.1) is 17.3 Å². The van der Waals surface area contributed by atoms with E-state index in [-0.39, 0.29) is 12.8 Å². The van der Waals surface area contributed by atoms with Crippen LogP contribution < -0.4 is 9.64 Å². The quantitative estimate of drug-likeness (QED) is 0.359. The van der Waals surface area contributed by atoms with Crippen LogP contribution in [0.2, 0.25) is 0 Å². The molecule has 3 aromatic rings. The molecule has 4 rings (SSSR count). The second kappa shape index (κ2) is 11.9. The van der Waals surface area contributed by atoms with Gasteiger partial charge < -0.3 is 14.7 Å². The number of carboxylic acids is 1. The van der Waals surface area contributed by atoms with Crippen LogP contribution in [-0.2, 0) is 4.79 Å². The molecule has 1 aromatic carbocycles. The van der Waals surface area contributed by atoms with E-state index in [1.165, 1.54) is 0 Å². The van der Waals surface area contributed by atoms with Crippen LogP contribution in [0.1, 0.15) is 48.7 Å². The number of hydrogen-bond acceptors (Lipinski definition) is 6. The van der Waals surface area contributed by atoms with Gasteiger partial charge in [0.1, 0.15) is 11.9 Å². The lowest BCUT2D eigenvalue weighted by Gasteiger charge is -2.41. The van der Waals surface area contributed by atoms with Crippen LogP contribution in [0.4, 0.5) is 10.1 Å². The Labute approximate surface area is 222 Å². The van der Waals surface area contributed by atoms with Crippen LogP contribution in [0.15, 0.2) is 41.9 Å². The second-order valence-corrected chi connectivity index (χ2v) is 10.9. The molecule has 0 saturated carbocycles. The molecule has 0 bridgehead atoms. The summed E-state index contributed by atoms with van der Waals surface area (Å²) in [5.74, 6) is 6.24. The van der Waals surface area contributed by atoms with Crippen molar-refractivity contribution in [3.05, 3.63) is 52.3 Å². The van der Waals surface area contributed by atoms with Crippen LogP contribution in [0.3, 0.4) is 0 Å². The monoisotopic (exact) mass is 523 g/mol. The van der Waals surface area contributed by atoms with Crippen molar-refractivity contribution >= 4 is 33.9 Å². The van der Waals surface area contributed by atoms with Gasteiger partial charge in [-0.05, 0) is 73.8 Å². The number of rotatable bonds is 9. The molecule has 0 unspecified atom stereocenters. The average molecular weight is 524 g/mol. The number of pyridine rings is 1. The maximum absolute atomic E-state index is 16.1. The third-order valence-corrected chi connectivity index (χ3v) is 8.08. The molecule has 1 fully saturated rings. The number of aromatic nitrogens is 1. The first-order valence-electron chi connectivity index (χ1n) is 12.5. The lowest BCUT2D eigenvalue weighted by molar-refractivity contribution is -0.141. The molecular weight excluding hydrogens is 489 g/mol. The first-order chi connectivity index (χ1) is 17.8. The normalized spacial score (nSPS) is 16.1. The number of methoxy groups -OCH3 is 1. The van der Waals surface area contributed by atoms with Gasteiger partial charge in [-0.25, -0.2) is 4.39 Å². The lowest BCUT2D eigenvalue weighted by atomic mass is 9.71. The van der Waals surface area contributed by atoms with Crippen molar-refractivity contribution in [1.82, 2.24) is 9.88 Å². The van der Waals surface area contributed by atoms with Crippen molar-refractivity contribution < 1.29 is 19.0 Å². The minimum Gasteiger partial charge on any atom is -0.497 e. The minimum atomic E-state index is -1.25. The summed E-state index contributed by atoms with van der Waals surface area (Å²) in [4.78, 5) is 21.5. The van der Waals surface area contributed by atoms with E-state index < -0.39 is 17.6 Å². The van der Waals surface area contributed by atoms with Gasteiger partial charge in [-0.3, -0.25) is 14.7 Å². The predicted molar refractivity (Wildman–Crippen MR) is 147 cm³/mol. The third kappa shape index (κ3) is 6.60. The van der Waals surface area contributed by atoms with Crippen molar-refractivity contribution in [2.24, 2.45) is 5.41 Å². The van der Waals surface area contributed by atoms with Crippen LogP contribution in [0.25, 0.3) is 10.9 Å². The van der Waals surface area contributed by atoms with E-state index in [0.717, 1.165) is 41.9 Å². The SMILES string of the molecule is COc1ccc2ncc(N(C)C)c([C@H](F)CCC3(CC(=O)O)CCN(CC#Cc4cccs4)CC3)c2c1. The fraction of sp³-hybridized carbons (Fsp3) is 0.448. The highest BCUT2D eigenvalue weighted by molar-refractivity contribution is 7.10. The molecule has 1 N–H and O–H groups in total. The summed E-state index contributed by atoms with van der Waals surface area (Å²) in [7, 11) is 5.34.